The monoisotopic (exact) mass is 365 g/mol. The first-order valence-electron chi connectivity index (χ1n) is 5.84. The third-order valence-corrected chi connectivity index (χ3v) is 4.14. The van der Waals surface area contributed by atoms with Gasteiger partial charge in [0.2, 0.25) is 5.95 Å². The van der Waals surface area contributed by atoms with Crippen molar-refractivity contribution in [2.24, 2.45) is 0 Å². The van der Waals surface area contributed by atoms with Gasteiger partial charge in [0.25, 0.3) is 0 Å². The third-order valence-electron chi connectivity index (χ3n) is 2.44. The summed E-state index contributed by atoms with van der Waals surface area (Å²) < 4.78 is 39.4. The predicted octanol–water partition coefficient (Wildman–Crippen LogP) is 4.81. The van der Waals surface area contributed by atoms with Gasteiger partial charge in [0.15, 0.2) is 5.69 Å². The highest BCUT2D eigenvalue weighted by Gasteiger charge is 2.34. The van der Waals surface area contributed by atoms with Gasteiger partial charge in [-0.25, -0.2) is 9.97 Å². The summed E-state index contributed by atoms with van der Waals surface area (Å²) in [5, 5.41) is 6.34. The number of anilines is 1. The van der Waals surface area contributed by atoms with Crippen LogP contribution in [0.25, 0.3) is 11.3 Å². The van der Waals surface area contributed by atoms with E-state index in [9.17, 15) is 13.2 Å². The van der Waals surface area contributed by atoms with Crippen LogP contribution in [0.1, 0.15) is 19.0 Å². The highest BCUT2D eigenvalue weighted by Crippen LogP contribution is 2.35. The van der Waals surface area contributed by atoms with Crippen molar-refractivity contribution in [2.75, 3.05) is 11.9 Å². The molecule has 0 aliphatic rings. The standard InChI is InChI=1S/C12H11BrF3N3S/c1-2-3-17-11-18-9(7-5-20-6-8(7)13)4-10(19-11)12(14,15)16/h4-6H,2-3H2,1H3,(H,17,18,19). The van der Waals surface area contributed by atoms with Crippen molar-refractivity contribution < 1.29 is 13.2 Å². The van der Waals surface area contributed by atoms with E-state index in [4.69, 9.17) is 0 Å². The molecule has 108 valence electrons. The Morgan fingerprint density at radius 3 is 2.60 bits per heavy atom. The van der Waals surface area contributed by atoms with Crippen LogP contribution >= 0.6 is 27.3 Å². The minimum absolute atomic E-state index is 0.00484. The van der Waals surface area contributed by atoms with Crippen LogP contribution in [-0.2, 0) is 6.18 Å². The Morgan fingerprint density at radius 2 is 2.05 bits per heavy atom. The first-order chi connectivity index (χ1) is 9.41. The van der Waals surface area contributed by atoms with E-state index in [0.717, 1.165) is 17.0 Å². The highest BCUT2D eigenvalue weighted by molar-refractivity contribution is 9.10. The molecule has 0 amide bonds. The molecule has 8 heteroatoms. The van der Waals surface area contributed by atoms with Crippen molar-refractivity contribution in [3.63, 3.8) is 0 Å². The maximum absolute atomic E-state index is 12.9. The Bertz CT molecular complexity index is 598. The molecule has 2 heterocycles. The number of thiophene rings is 1. The average Bonchev–Trinajstić information content (AvgIpc) is 2.81. The average molecular weight is 366 g/mol. The van der Waals surface area contributed by atoms with Gasteiger partial charge in [-0.1, -0.05) is 6.92 Å². The lowest BCUT2D eigenvalue weighted by atomic mass is 10.2. The van der Waals surface area contributed by atoms with Crippen LogP contribution in [0.5, 0.6) is 0 Å². The van der Waals surface area contributed by atoms with Gasteiger partial charge in [0.05, 0.1) is 5.69 Å². The molecule has 0 aliphatic heterocycles. The maximum atomic E-state index is 12.9. The second-order valence-corrected chi connectivity index (χ2v) is 5.62. The van der Waals surface area contributed by atoms with Crippen LogP contribution in [0.4, 0.5) is 19.1 Å². The molecule has 2 rings (SSSR count). The molecule has 2 aromatic heterocycles. The zero-order chi connectivity index (χ0) is 14.8. The van der Waals surface area contributed by atoms with Gasteiger partial charge in [-0.15, -0.1) is 0 Å². The normalized spacial score (nSPS) is 11.7. The largest absolute Gasteiger partial charge is 0.433 e. The second kappa shape index (κ2) is 6.09. The molecule has 20 heavy (non-hydrogen) atoms. The topological polar surface area (TPSA) is 37.8 Å². The number of hydrogen-bond acceptors (Lipinski definition) is 4. The first kappa shape index (κ1) is 15.2. The molecular formula is C12H11BrF3N3S. The van der Waals surface area contributed by atoms with Gasteiger partial charge in [-0.3, -0.25) is 0 Å². The van der Waals surface area contributed by atoms with Crippen LogP contribution in [0.15, 0.2) is 21.3 Å². The molecule has 0 unspecified atom stereocenters. The molecule has 0 saturated heterocycles. The quantitative estimate of drug-likeness (QED) is 0.844. The Labute approximate surface area is 126 Å². The molecule has 0 aliphatic carbocycles. The minimum atomic E-state index is -4.50. The van der Waals surface area contributed by atoms with Crippen molar-refractivity contribution in [2.45, 2.75) is 19.5 Å². The Hall–Kier alpha value is -1.15. The van der Waals surface area contributed by atoms with Crippen LogP contribution < -0.4 is 5.32 Å². The zero-order valence-corrected chi connectivity index (χ0v) is 12.9. The van der Waals surface area contributed by atoms with Gasteiger partial charge in [0.1, 0.15) is 0 Å². The summed E-state index contributed by atoms with van der Waals surface area (Å²) in [6, 6.07) is 0.962. The van der Waals surface area contributed by atoms with Crippen molar-refractivity contribution in [3.05, 3.63) is 27.0 Å². The summed E-state index contributed by atoms with van der Waals surface area (Å²) in [6.45, 7) is 2.43. The van der Waals surface area contributed by atoms with E-state index in [-0.39, 0.29) is 11.6 Å². The lowest BCUT2D eigenvalue weighted by Crippen LogP contribution is -2.13. The van der Waals surface area contributed by atoms with E-state index in [1.165, 1.54) is 11.3 Å². The first-order valence-corrected chi connectivity index (χ1v) is 7.57. The molecule has 0 bridgehead atoms. The Balaban J connectivity index is 2.48. The van der Waals surface area contributed by atoms with Gasteiger partial charge >= 0.3 is 6.18 Å². The van der Waals surface area contributed by atoms with Gasteiger partial charge in [-0.2, -0.15) is 24.5 Å². The SMILES string of the molecule is CCCNc1nc(-c2cscc2Br)cc(C(F)(F)F)n1. The molecule has 1 N–H and O–H groups in total. The molecule has 2 aromatic rings. The van der Waals surface area contributed by atoms with Crippen molar-refractivity contribution in [1.82, 2.24) is 9.97 Å². The lowest BCUT2D eigenvalue weighted by molar-refractivity contribution is -0.141. The third kappa shape index (κ3) is 3.49. The number of nitrogens with zero attached hydrogens (tertiary/aromatic N) is 2. The maximum Gasteiger partial charge on any atom is 0.433 e. The summed E-state index contributed by atoms with van der Waals surface area (Å²) in [7, 11) is 0. The lowest BCUT2D eigenvalue weighted by Gasteiger charge is -2.11. The molecule has 3 nitrogen and oxygen atoms in total. The van der Waals surface area contributed by atoms with E-state index in [2.05, 4.69) is 31.2 Å². The van der Waals surface area contributed by atoms with Crippen LogP contribution in [0, 0.1) is 0 Å². The number of nitrogens with one attached hydrogen (secondary N) is 1. The molecule has 0 atom stereocenters. The molecule has 0 spiro atoms. The number of rotatable bonds is 4. The minimum Gasteiger partial charge on any atom is -0.354 e. The van der Waals surface area contributed by atoms with Crippen molar-refractivity contribution in [1.29, 1.82) is 0 Å². The fourth-order valence-corrected chi connectivity index (χ4v) is 3.00. The van der Waals surface area contributed by atoms with Crippen molar-refractivity contribution in [3.8, 4) is 11.3 Å². The summed E-state index contributed by atoms with van der Waals surface area (Å²) in [5.41, 5.74) is -0.0688. The highest BCUT2D eigenvalue weighted by atomic mass is 79.9. The van der Waals surface area contributed by atoms with Crippen LogP contribution in [0.3, 0.4) is 0 Å². The van der Waals surface area contributed by atoms with E-state index in [1.807, 2.05) is 6.92 Å². The van der Waals surface area contributed by atoms with E-state index >= 15 is 0 Å². The summed E-state index contributed by atoms with van der Waals surface area (Å²) in [6.07, 6.45) is -3.72. The van der Waals surface area contributed by atoms with Gasteiger partial charge < -0.3 is 5.32 Å². The summed E-state index contributed by atoms with van der Waals surface area (Å²) in [5.74, 6) is -0.00484. The van der Waals surface area contributed by atoms with Gasteiger partial charge in [-0.05, 0) is 28.4 Å². The molecule has 0 aromatic carbocycles. The number of hydrogen-bond donors (Lipinski definition) is 1. The number of aromatic nitrogens is 2. The molecule has 0 saturated carbocycles. The zero-order valence-electron chi connectivity index (χ0n) is 10.5. The molecular weight excluding hydrogens is 355 g/mol. The Kier molecular flexibility index (Phi) is 4.64. The number of alkyl halides is 3. The summed E-state index contributed by atoms with van der Waals surface area (Å²) in [4.78, 5) is 7.66. The predicted molar refractivity (Wildman–Crippen MR) is 76.8 cm³/mol. The van der Waals surface area contributed by atoms with Gasteiger partial charge in [0, 0.05) is 27.3 Å². The molecule has 0 radical (unpaired) electrons. The fourth-order valence-electron chi connectivity index (χ4n) is 1.51. The Morgan fingerprint density at radius 1 is 1.30 bits per heavy atom. The number of halogens is 4. The van der Waals surface area contributed by atoms with E-state index in [1.54, 1.807) is 10.8 Å². The smallest absolute Gasteiger partial charge is 0.354 e. The van der Waals surface area contributed by atoms with Crippen LogP contribution in [0.2, 0.25) is 0 Å². The van der Waals surface area contributed by atoms with Crippen LogP contribution in [-0.4, -0.2) is 16.5 Å². The fraction of sp³-hybridized carbons (Fsp3) is 0.333. The van der Waals surface area contributed by atoms with Crippen molar-refractivity contribution >= 4 is 33.2 Å². The van der Waals surface area contributed by atoms with E-state index in [0.29, 0.717) is 12.1 Å². The van der Waals surface area contributed by atoms with E-state index < -0.39 is 11.9 Å². The second-order valence-electron chi connectivity index (χ2n) is 4.02. The molecule has 0 fully saturated rings. The summed E-state index contributed by atoms with van der Waals surface area (Å²) >= 11 is 4.69.